The summed E-state index contributed by atoms with van der Waals surface area (Å²) in [4.78, 5) is 33.6. The Morgan fingerprint density at radius 1 is 1.18 bits per heavy atom. The first kappa shape index (κ1) is 17.2. The van der Waals surface area contributed by atoms with E-state index < -0.39 is 35.2 Å². The molecule has 0 aliphatic heterocycles. The third-order valence-electron chi connectivity index (χ3n) is 2.83. The summed E-state index contributed by atoms with van der Waals surface area (Å²) >= 11 is 0. The third-order valence-corrected chi connectivity index (χ3v) is 2.83. The van der Waals surface area contributed by atoms with Gasteiger partial charge in [-0.3, -0.25) is 19.7 Å². The molecule has 0 bridgehead atoms. The van der Waals surface area contributed by atoms with Crippen molar-refractivity contribution < 1.29 is 24.0 Å². The summed E-state index contributed by atoms with van der Waals surface area (Å²) in [6, 6.07) is 8.73. The largest absolute Gasteiger partial charge is 0.468 e. The van der Waals surface area contributed by atoms with E-state index in [4.69, 9.17) is 0 Å². The second kappa shape index (κ2) is 8.42. The van der Waals surface area contributed by atoms with Gasteiger partial charge in [-0.15, -0.1) is 0 Å². The van der Waals surface area contributed by atoms with Gasteiger partial charge < -0.3 is 9.47 Å². The van der Waals surface area contributed by atoms with Crippen molar-refractivity contribution >= 4 is 11.9 Å². The molecule has 22 heavy (non-hydrogen) atoms. The van der Waals surface area contributed by atoms with E-state index in [1.807, 2.05) is 0 Å². The zero-order valence-corrected chi connectivity index (χ0v) is 12.1. The van der Waals surface area contributed by atoms with Crippen LogP contribution in [0.15, 0.2) is 30.3 Å². The van der Waals surface area contributed by atoms with Gasteiger partial charge in [0, 0.05) is 10.5 Å². The molecule has 1 aromatic rings. The van der Waals surface area contributed by atoms with Gasteiger partial charge in [-0.1, -0.05) is 30.0 Å². The fourth-order valence-electron chi connectivity index (χ4n) is 1.77. The Balaban J connectivity index is 3.14. The van der Waals surface area contributed by atoms with Crippen LogP contribution < -0.4 is 0 Å². The fraction of sp³-hybridized carbons (Fsp3) is 0.333. The molecule has 0 aliphatic rings. The molecule has 0 radical (unpaired) electrons. The smallest absolute Gasteiger partial charge is 0.321 e. The zero-order valence-electron chi connectivity index (χ0n) is 12.1. The predicted octanol–water partition coefficient (Wildman–Crippen LogP) is 0.893. The number of carbonyl (C=O) groups excluding carboxylic acids is 2. The summed E-state index contributed by atoms with van der Waals surface area (Å²) in [5.74, 6) is 0.887. The lowest BCUT2D eigenvalue weighted by atomic mass is 9.92. The molecule has 1 aromatic carbocycles. The van der Waals surface area contributed by atoms with Gasteiger partial charge in [0.25, 0.3) is 0 Å². The van der Waals surface area contributed by atoms with Crippen LogP contribution in [0.5, 0.6) is 0 Å². The Morgan fingerprint density at radius 3 is 2.18 bits per heavy atom. The number of benzene rings is 1. The van der Waals surface area contributed by atoms with E-state index in [0.29, 0.717) is 5.56 Å². The van der Waals surface area contributed by atoms with Crippen LogP contribution in [-0.4, -0.2) is 37.6 Å². The number of methoxy groups -OCH3 is 2. The first-order valence-electron chi connectivity index (χ1n) is 6.33. The first-order valence-corrected chi connectivity index (χ1v) is 6.33. The minimum atomic E-state index is -1.46. The highest BCUT2D eigenvalue weighted by Crippen LogP contribution is 2.16. The molecule has 0 heterocycles. The number of hydrogen-bond donors (Lipinski definition) is 0. The number of rotatable bonds is 5. The minimum absolute atomic E-state index is 0.615. The molecule has 0 spiro atoms. The molecule has 0 fully saturated rings. The first-order chi connectivity index (χ1) is 10.5. The molecule has 1 unspecified atom stereocenters. The maximum atomic E-state index is 11.7. The molecule has 0 saturated heterocycles. The summed E-state index contributed by atoms with van der Waals surface area (Å²) in [6.07, 6.45) is 0. The van der Waals surface area contributed by atoms with E-state index in [-0.39, 0.29) is 0 Å². The van der Waals surface area contributed by atoms with Gasteiger partial charge in [-0.2, -0.15) is 0 Å². The average Bonchev–Trinajstić information content (AvgIpc) is 2.52. The second-order valence-corrected chi connectivity index (χ2v) is 4.28. The summed E-state index contributed by atoms with van der Waals surface area (Å²) in [5, 5.41) is 10.8. The molecule has 1 rings (SSSR count). The monoisotopic (exact) mass is 305 g/mol. The Bertz CT molecular complexity index is 585. The maximum Gasteiger partial charge on any atom is 0.321 e. The Hall–Kier alpha value is -2.88. The molecular formula is C15H15NO6. The summed E-state index contributed by atoms with van der Waals surface area (Å²) < 4.78 is 9.04. The highest BCUT2D eigenvalue weighted by atomic mass is 16.6. The van der Waals surface area contributed by atoms with Crippen LogP contribution >= 0.6 is 0 Å². The molecule has 0 saturated carbocycles. The van der Waals surface area contributed by atoms with E-state index in [2.05, 4.69) is 21.3 Å². The highest BCUT2D eigenvalue weighted by molar-refractivity contribution is 5.95. The number of ether oxygens (including phenoxy) is 2. The van der Waals surface area contributed by atoms with Gasteiger partial charge in [0.05, 0.1) is 14.2 Å². The average molecular weight is 305 g/mol. The standard InChI is InChI=1S/C15H15NO6/c1-21-14(17)13(15(18)22-2)12(10-16(19)20)9-8-11-6-4-3-5-7-11/h3-7,12-13H,10H2,1-2H3. The third kappa shape index (κ3) is 4.90. The number of carbonyl (C=O) groups is 2. The number of nitro groups is 1. The fourth-order valence-corrected chi connectivity index (χ4v) is 1.77. The van der Waals surface area contributed by atoms with Crippen LogP contribution in [0, 0.1) is 33.8 Å². The molecule has 0 aliphatic carbocycles. The molecule has 7 heteroatoms. The SMILES string of the molecule is COC(=O)C(C(=O)OC)C(C#Cc1ccccc1)C[N+](=O)[O-]. The van der Waals surface area contributed by atoms with Crippen molar-refractivity contribution in [3.05, 3.63) is 46.0 Å². The lowest BCUT2D eigenvalue weighted by Gasteiger charge is -2.15. The van der Waals surface area contributed by atoms with Gasteiger partial charge in [0.2, 0.25) is 6.54 Å². The van der Waals surface area contributed by atoms with Crippen molar-refractivity contribution in [2.75, 3.05) is 20.8 Å². The predicted molar refractivity (Wildman–Crippen MR) is 76.2 cm³/mol. The van der Waals surface area contributed by atoms with E-state index in [0.717, 1.165) is 14.2 Å². The zero-order chi connectivity index (χ0) is 16.5. The number of hydrogen-bond acceptors (Lipinski definition) is 6. The molecule has 0 amide bonds. The molecule has 116 valence electrons. The van der Waals surface area contributed by atoms with Crippen LogP contribution in [0.1, 0.15) is 5.56 Å². The van der Waals surface area contributed by atoms with Gasteiger partial charge in [0.15, 0.2) is 5.92 Å². The summed E-state index contributed by atoms with van der Waals surface area (Å²) in [7, 11) is 2.18. The van der Waals surface area contributed by atoms with Crippen LogP contribution in [0.4, 0.5) is 0 Å². The highest BCUT2D eigenvalue weighted by Gasteiger charge is 2.39. The molecule has 7 nitrogen and oxygen atoms in total. The molecular weight excluding hydrogens is 290 g/mol. The van der Waals surface area contributed by atoms with Crippen molar-refractivity contribution in [1.29, 1.82) is 0 Å². The van der Waals surface area contributed by atoms with Crippen LogP contribution in [-0.2, 0) is 19.1 Å². The lowest BCUT2D eigenvalue weighted by Crippen LogP contribution is -2.36. The van der Waals surface area contributed by atoms with Crippen molar-refractivity contribution in [2.45, 2.75) is 0 Å². The van der Waals surface area contributed by atoms with E-state index in [1.54, 1.807) is 30.3 Å². The van der Waals surface area contributed by atoms with Crippen LogP contribution in [0.25, 0.3) is 0 Å². The summed E-state index contributed by atoms with van der Waals surface area (Å²) in [5.41, 5.74) is 0.615. The Labute approximate surface area is 127 Å². The van der Waals surface area contributed by atoms with Crippen molar-refractivity contribution in [3.63, 3.8) is 0 Å². The minimum Gasteiger partial charge on any atom is -0.468 e. The molecule has 1 atom stereocenters. The Kier molecular flexibility index (Phi) is 6.57. The van der Waals surface area contributed by atoms with Crippen LogP contribution in [0.2, 0.25) is 0 Å². The van der Waals surface area contributed by atoms with Gasteiger partial charge in [-0.05, 0) is 12.1 Å². The lowest BCUT2D eigenvalue weighted by molar-refractivity contribution is -0.486. The van der Waals surface area contributed by atoms with Crippen molar-refractivity contribution in [1.82, 2.24) is 0 Å². The van der Waals surface area contributed by atoms with Crippen molar-refractivity contribution in [2.24, 2.45) is 11.8 Å². The quantitative estimate of drug-likeness (QED) is 0.263. The Morgan fingerprint density at radius 2 is 1.73 bits per heavy atom. The molecule has 0 aromatic heterocycles. The van der Waals surface area contributed by atoms with E-state index in [1.165, 1.54) is 0 Å². The van der Waals surface area contributed by atoms with Gasteiger partial charge in [-0.25, -0.2) is 0 Å². The van der Waals surface area contributed by atoms with E-state index in [9.17, 15) is 19.7 Å². The normalized spacial score (nSPS) is 11.0. The number of esters is 2. The van der Waals surface area contributed by atoms with Gasteiger partial charge in [0.1, 0.15) is 5.92 Å². The summed E-state index contributed by atoms with van der Waals surface area (Å²) in [6.45, 7) is -0.672. The van der Waals surface area contributed by atoms with Crippen molar-refractivity contribution in [3.8, 4) is 11.8 Å². The van der Waals surface area contributed by atoms with Crippen LogP contribution in [0.3, 0.4) is 0 Å². The number of nitrogens with zero attached hydrogens (tertiary/aromatic N) is 1. The van der Waals surface area contributed by atoms with Gasteiger partial charge >= 0.3 is 11.9 Å². The molecule has 0 N–H and O–H groups in total. The second-order valence-electron chi connectivity index (χ2n) is 4.28. The van der Waals surface area contributed by atoms with E-state index >= 15 is 0 Å². The maximum absolute atomic E-state index is 11.7. The topological polar surface area (TPSA) is 95.7 Å².